The van der Waals surface area contributed by atoms with Gasteiger partial charge in [-0.15, -0.1) is 0 Å². The molecule has 1 heterocycles. The van der Waals surface area contributed by atoms with Crippen molar-refractivity contribution in [1.29, 1.82) is 0 Å². The molecule has 5 nitrogen and oxygen atoms in total. The Kier molecular flexibility index (Phi) is 2.36. The molecule has 2 N–H and O–H groups in total. The van der Waals surface area contributed by atoms with E-state index in [1.807, 2.05) is 6.07 Å². The maximum absolute atomic E-state index is 11.0. The molecule has 2 aromatic rings. The smallest absolute Gasteiger partial charge is 0.358 e. The van der Waals surface area contributed by atoms with Crippen LogP contribution in [0.15, 0.2) is 30.3 Å². The van der Waals surface area contributed by atoms with E-state index in [0.29, 0.717) is 11.4 Å². The van der Waals surface area contributed by atoms with Gasteiger partial charge in [-0.2, -0.15) is 5.10 Å². The first-order valence-corrected chi connectivity index (χ1v) is 4.68. The normalized spacial score (nSPS) is 10.3. The summed E-state index contributed by atoms with van der Waals surface area (Å²) in [5.41, 5.74) is 0.674. The molecular formula is C11H10N2O3. The van der Waals surface area contributed by atoms with E-state index in [4.69, 9.17) is 5.11 Å². The summed E-state index contributed by atoms with van der Waals surface area (Å²) in [6, 6.07) is 8.81. The highest BCUT2D eigenvalue weighted by Gasteiger charge is 2.21. The molecule has 0 amide bonds. The van der Waals surface area contributed by atoms with Gasteiger partial charge in [0, 0.05) is 0 Å². The number of aromatic hydroxyl groups is 1. The molecule has 5 heteroatoms. The first-order chi connectivity index (χ1) is 7.61. The Morgan fingerprint density at radius 2 is 1.94 bits per heavy atom. The van der Waals surface area contributed by atoms with Crippen molar-refractivity contribution in [2.75, 3.05) is 0 Å². The number of benzene rings is 1. The minimum absolute atomic E-state index is 0.219. The van der Waals surface area contributed by atoms with Crippen LogP contribution < -0.4 is 0 Å². The lowest BCUT2D eigenvalue weighted by molar-refractivity contribution is 0.0683. The molecule has 1 aromatic heterocycles. The van der Waals surface area contributed by atoms with E-state index in [9.17, 15) is 9.90 Å². The minimum Gasteiger partial charge on any atom is -0.504 e. The Morgan fingerprint density at radius 1 is 1.31 bits per heavy atom. The third kappa shape index (κ3) is 1.52. The van der Waals surface area contributed by atoms with Crippen molar-refractivity contribution >= 4 is 5.97 Å². The fraction of sp³-hybridized carbons (Fsp3) is 0.0909. The van der Waals surface area contributed by atoms with E-state index in [2.05, 4.69) is 5.10 Å². The molecule has 16 heavy (non-hydrogen) atoms. The summed E-state index contributed by atoms with van der Waals surface area (Å²) >= 11 is 0. The van der Waals surface area contributed by atoms with E-state index in [-0.39, 0.29) is 11.4 Å². The van der Waals surface area contributed by atoms with Crippen molar-refractivity contribution in [3.8, 4) is 11.4 Å². The Hall–Kier alpha value is -2.30. The summed E-state index contributed by atoms with van der Waals surface area (Å²) in [5.74, 6) is -1.50. The predicted octanol–water partition coefficient (Wildman–Crippen LogP) is 1.58. The van der Waals surface area contributed by atoms with E-state index < -0.39 is 5.97 Å². The molecule has 0 radical (unpaired) electrons. The summed E-state index contributed by atoms with van der Waals surface area (Å²) < 4.78 is 1.22. The highest BCUT2D eigenvalue weighted by Crippen LogP contribution is 2.24. The molecule has 0 aliphatic carbocycles. The number of carboxylic acids is 1. The van der Waals surface area contributed by atoms with Gasteiger partial charge < -0.3 is 10.2 Å². The zero-order valence-electron chi connectivity index (χ0n) is 8.58. The monoisotopic (exact) mass is 218 g/mol. The molecule has 0 aliphatic rings. The second kappa shape index (κ2) is 3.69. The number of hydrogen-bond donors (Lipinski definition) is 2. The van der Waals surface area contributed by atoms with E-state index in [0.717, 1.165) is 0 Å². The number of aromatic nitrogens is 2. The van der Waals surface area contributed by atoms with E-state index in [1.54, 1.807) is 31.2 Å². The topological polar surface area (TPSA) is 75.4 Å². The Labute approximate surface area is 91.6 Å². The average molecular weight is 218 g/mol. The zero-order valence-corrected chi connectivity index (χ0v) is 8.58. The van der Waals surface area contributed by atoms with E-state index >= 15 is 0 Å². The van der Waals surface area contributed by atoms with Crippen LogP contribution in [0, 0.1) is 6.92 Å². The Bertz CT molecular complexity index is 532. The SMILES string of the molecule is Cc1nn(-c2ccccc2)c(C(=O)O)c1O. The van der Waals surface area contributed by atoms with Crippen LogP contribution in [0.2, 0.25) is 0 Å². The Balaban J connectivity index is 2.66. The zero-order chi connectivity index (χ0) is 11.7. The predicted molar refractivity (Wildman–Crippen MR) is 56.9 cm³/mol. The number of hydrogen-bond acceptors (Lipinski definition) is 3. The van der Waals surface area contributed by atoms with Gasteiger partial charge in [-0.25, -0.2) is 9.48 Å². The molecule has 0 fully saturated rings. The fourth-order valence-electron chi connectivity index (χ4n) is 1.47. The molecule has 0 aliphatic heterocycles. The van der Waals surface area contributed by atoms with Gasteiger partial charge in [0.2, 0.25) is 0 Å². The molecule has 0 bridgehead atoms. The molecule has 1 aromatic carbocycles. The molecule has 2 rings (SSSR count). The molecular weight excluding hydrogens is 208 g/mol. The summed E-state index contributed by atoms with van der Waals surface area (Å²) in [6.45, 7) is 1.56. The first-order valence-electron chi connectivity index (χ1n) is 4.68. The van der Waals surface area contributed by atoms with Crippen LogP contribution in [0.25, 0.3) is 5.69 Å². The van der Waals surface area contributed by atoms with Crippen molar-refractivity contribution in [2.45, 2.75) is 6.92 Å². The number of para-hydroxylation sites is 1. The maximum atomic E-state index is 11.0. The number of carbonyl (C=O) groups is 1. The number of aromatic carboxylic acids is 1. The van der Waals surface area contributed by atoms with Gasteiger partial charge >= 0.3 is 5.97 Å². The number of rotatable bonds is 2. The third-order valence-electron chi connectivity index (χ3n) is 2.23. The maximum Gasteiger partial charge on any atom is 0.358 e. The standard InChI is InChI=1S/C11H10N2O3/c1-7-10(14)9(11(15)16)13(12-7)8-5-3-2-4-6-8/h2-6,14H,1H3,(H,15,16). The van der Waals surface area contributed by atoms with Gasteiger partial charge in [0.05, 0.1) is 5.69 Å². The highest BCUT2D eigenvalue weighted by molar-refractivity contribution is 5.89. The number of carboxylic acid groups (broad SMARTS) is 1. The number of aryl methyl sites for hydroxylation is 1. The van der Waals surface area contributed by atoms with Crippen molar-refractivity contribution in [3.63, 3.8) is 0 Å². The first kappa shape index (κ1) is 10.2. The molecule has 0 unspecified atom stereocenters. The molecule has 0 saturated heterocycles. The molecule has 0 saturated carbocycles. The van der Waals surface area contributed by atoms with Crippen molar-refractivity contribution < 1.29 is 15.0 Å². The minimum atomic E-state index is -1.21. The second-order valence-corrected chi connectivity index (χ2v) is 3.34. The fourth-order valence-corrected chi connectivity index (χ4v) is 1.47. The van der Waals surface area contributed by atoms with Gasteiger partial charge in [0.1, 0.15) is 5.69 Å². The molecule has 82 valence electrons. The van der Waals surface area contributed by atoms with Gasteiger partial charge in [-0.3, -0.25) is 0 Å². The van der Waals surface area contributed by atoms with Crippen LogP contribution in [0.4, 0.5) is 0 Å². The van der Waals surface area contributed by atoms with Crippen molar-refractivity contribution in [1.82, 2.24) is 9.78 Å². The average Bonchev–Trinajstić information content (AvgIpc) is 2.57. The number of nitrogens with zero attached hydrogens (tertiary/aromatic N) is 2. The highest BCUT2D eigenvalue weighted by atomic mass is 16.4. The van der Waals surface area contributed by atoms with Gasteiger partial charge in [0.15, 0.2) is 11.4 Å². The van der Waals surface area contributed by atoms with Crippen LogP contribution in [0.3, 0.4) is 0 Å². The quantitative estimate of drug-likeness (QED) is 0.802. The molecule has 0 atom stereocenters. The lowest BCUT2D eigenvalue weighted by Crippen LogP contribution is -2.07. The second-order valence-electron chi connectivity index (χ2n) is 3.34. The van der Waals surface area contributed by atoms with Gasteiger partial charge in [0.25, 0.3) is 0 Å². The Morgan fingerprint density at radius 3 is 2.50 bits per heavy atom. The summed E-state index contributed by atoms with van der Waals surface area (Å²) in [6.07, 6.45) is 0. The lowest BCUT2D eigenvalue weighted by Gasteiger charge is -2.03. The lowest BCUT2D eigenvalue weighted by atomic mass is 10.3. The van der Waals surface area contributed by atoms with Crippen molar-refractivity contribution in [2.24, 2.45) is 0 Å². The third-order valence-corrected chi connectivity index (χ3v) is 2.23. The van der Waals surface area contributed by atoms with Crippen LogP contribution >= 0.6 is 0 Å². The largest absolute Gasteiger partial charge is 0.504 e. The van der Waals surface area contributed by atoms with Gasteiger partial charge in [-0.05, 0) is 19.1 Å². The molecule has 0 spiro atoms. The summed E-state index contributed by atoms with van der Waals surface area (Å²) in [4.78, 5) is 11.0. The van der Waals surface area contributed by atoms with Gasteiger partial charge in [-0.1, -0.05) is 18.2 Å². The van der Waals surface area contributed by atoms with Crippen LogP contribution in [0.1, 0.15) is 16.2 Å². The van der Waals surface area contributed by atoms with Crippen LogP contribution in [-0.4, -0.2) is 26.0 Å². The van der Waals surface area contributed by atoms with E-state index in [1.165, 1.54) is 4.68 Å². The van der Waals surface area contributed by atoms with Crippen molar-refractivity contribution in [3.05, 3.63) is 41.7 Å². The summed E-state index contributed by atoms with van der Waals surface area (Å²) in [5, 5.41) is 22.6. The van der Waals surface area contributed by atoms with Crippen LogP contribution in [-0.2, 0) is 0 Å². The summed E-state index contributed by atoms with van der Waals surface area (Å²) in [7, 11) is 0. The van der Waals surface area contributed by atoms with Crippen LogP contribution in [0.5, 0.6) is 5.75 Å².